The summed E-state index contributed by atoms with van der Waals surface area (Å²) in [5, 5.41) is 10.5. The Morgan fingerprint density at radius 2 is 1.80 bits per heavy atom. The lowest BCUT2D eigenvalue weighted by molar-refractivity contribution is 0.0627. The van der Waals surface area contributed by atoms with Gasteiger partial charge in [-0.1, -0.05) is 0 Å². The van der Waals surface area contributed by atoms with E-state index in [0.717, 1.165) is 5.52 Å². The Hall–Kier alpha value is -1.99. The van der Waals surface area contributed by atoms with Gasteiger partial charge < -0.3 is 14.4 Å². The molecule has 0 aliphatic heterocycles. The third kappa shape index (κ3) is 3.31. The number of benzene rings is 1. The Labute approximate surface area is 116 Å². The van der Waals surface area contributed by atoms with Gasteiger partial charge in [0.2, 0.25) is 0 Å². The summed E-state index contributed by atoms with van der Waals surface area (Å²) in [5.41, 5.74) is 2.00. The smallest absolute Gasteiger partial charge is 0.254 e. The lowest BCUT2D eigenvalue weighted by Crippen LogP contribution is -2.36. The van der Waals surface area contributed by atoms with Crippen LogP contribution in [0.2, 0.25) is 0 Å². The number of carbonyl (C=O) groups is 1. The highest BCUT2D eigenvalue weighted by Gasteiger charge is 2.16. The molecule has 7 heteroatoms. The normalized spacial score (nSPS) is 10.9. The highest BCUT2D eigenvalue weighted by atomic mass is 16.5. The van der Waals surface area contributed by atoms with Gasteiger partial charge in [-0.3, -0.25) is 4.79 Å². The Kier molecular flexibility index (Phi) is 5.03. The van der Waals surface area contributed by atoms with E-state index in [2.05, 4.69) is 15.4 Å². The molecule has 7 nitrogen and oxygen atoms in total. The second kappa shape index (κ2) is 6.97. The summed E-state index contributed by atoms with van der Waals surface area (Å²) < 4.78 is 10.1. The largest absolute Gasteiger partial charge is 0.383 e. The molecule has 0 saturated heterocycles. The molecule has 1 aromatic heterocycles. The van der Waals surface area contributed by atoms with Gasteiger partial charge in [0.05, 0.1) is 13.2 Å². The summed E-state index contributed by atoms with van der Waals surface area (Å²) in [6.45, 7) is 2.02. The fourth-order valence-corrected chi connectivity index (χ4v) is 1.87. The molecular formula is C13H18N4O3. The van der Waals surface area contributed by atoms with Gasteiger partial charge in [0, 0.05) is 32.9 Å². The standard InChI is InChI=1S/C13H18N4O3/c1-19-7-5-17(6-8-20-2)13(18)10-3-4-11-12(9-10)15-16-14-11/h3-4,9H,5-8H2,1-2H3,(H,14,15,16). The van der Waals surface area contributed by atoms with Crippen molar-refractivity contribution in [2.45, 2.75) is 0 Å². The maximum atomic E-state index is 12.5. The molecule has 1 aromatic carbocycles. The Balaban J connectivity index is 2.15. The van der Waals surface area contributed by atoms with Gasteiger partial charge in [0.1, 0.15) is 11.0 Å². The zero-order valence-electron chi connectivity index (χ0n) is 11.6. The molecule has 0 radical (unpaired) electrons. The minimum atomic E-state index is -0.0657. The molecule has 0 spiro atoms. The van der Waals surface area contributed by atoms with Gasteiger partial charge in [-0.15, -0.1) is 0 Å². The summed E-state index contributed by atoms with van der Waals surface area (Å²) in [5.74, 6) is -0.0657. The zero-order chi connectivity index (χ0) is 14.4. The Morgan fingerprint density at radius 1 is 1.15 bits per heavy atom. The summed E-state index contributed by atoms with van der Waals surface area (Å²) in [4.78, 5) is 14.2. The first-order chi connectivity index (χ1) is 9.76. The second-order valence-corrected chi connectivity index (χ2v) is 4.30. The number of nitrogens with zero attached hydrogens (tertiary/aromatic N) is 3. The van der Waals surface area contributed by atoms with E-state index in [1.165, 1.54) is 0 Å². The van der Waals surface area contributed by atoms with E-state index in [1.807, 2.05) is 0 Å². The molecule has 1 amide bonds. The van der Waals surface area contributed by atoms with Crippen molar-refractivity contribution < 1.29 is 14.3 Å². The van der Waals surface area contributed by atoms with E-state index in [1.54, 1.807) is 37.3 Å². The molecule has 0 aliphatic carbocycles. The predicted octanol–water partition coefficient (Wildman–Crippen LogP) is 0.693. The number of fused-ring (bicyclic) bond motifs is 1. The van der Waals surface area contributed by atoms with Gasteiger partial charge in [0.25, 0.3) is 5.91 Å². The van der Waals surface area contributed by atoms with Crippen molar-refractivity contribution in [1.29, 1.82) is 0 Å². The minimum Gasteiger partial charge on any atom is -0.383 e. The van der Waals surface area contributed by atoms with E-state index in [0.29, 0.717) is 37.4 Å². The first-order valence-corrected chi connectivity index (χ1v) is 6.34. The highest BCUT2D eigenvalue weighted by molar-refractivity contribution is 5.97. The maximum absolute atomic E-state index is 12.5. The van der Waals surface area contributed by atoms with Crippen LogP contribution in [0.25, 0.3) is 11.0 Å². The van der Waals surface area contributed by atoms with Crippen molar-refractivity contribution in [3.05, 3.63) is 23.8 Å². The summed E-state index contributed by atoms with van der Waals surface area (Å²) >= 11 is 0. The topological polar surface area (TPSA) is 80.3 Å². The molecular weight excluding hydrogens is 260 g/mol. The summed E-state index contributed by atoms with van der Waals surface area (Å²) in [6.07, 6.45) is 0. The number of aromatic amines is 1. The first-order valence-electron chi connectivity index (χ1n) is 6.34. The first kappa shape index (κ1) is 14.4. The molecule has 1 N–H and O–H groups in total. The lowest BCUT2D eigenvalue weighted by atomic mass is 10.1. The average molecular weight is 278 g/mol. The summed E-state index contributed by atoms with van der Waals surface area (Å²) in [6, 6.07) is 5.25. The van der Waals surface area contributed by atoms with Crippen molar-refractivity contribution in [2.24, 2.45) is 0 Å². The van der Waals surface area contributed by atoms with Crippen LogP contribution in [0.4, 0.5) is 0 Å². The number of ether oxygens (including phenoxy) is 2. The number of methoxy groups -OCH3 is 2. The lowest BCUT2D eigenvalue weighted by Gasteiger charge is -2.22. The van der Waals surface area contributed by atoms with Crippen LogP contribution in [0.3, 0.4) is 0 Å². The molecule has 0 atom stereocenters. The molecule has 20 heavy (non-hydrogen) atoms. The van der Waals surface area contributed by atoms with Crippen LogP contribution < -0.4 is 0 Å². The van der Waals surface area contributed by atoms with Crippen molar-refractivity contribution in [3.8, 4) is 0 Å². The van der Waals surface area contributed by atoms with Crippen LogP contribution in [0.15, 0.2) is 18.2 Å². The predicted molar refractivity (Wildman–Crippen MR) is 73.5 cm³/mol. The number of carbonyl (C=O) groups excluding carboxylic acids is 1. The highest BCUT2D eigenvalue weighted by Crippen LogP contribution is 2.12. The van der Waals surface area contributed by atoms with Gasteiger partial charge in [-0.25, -0.2) is 0 Å². The van der Waals surface area contributed by atoms with E-state index in [9.17, 15) is 4.79 Å². The van der Waals surface area contributed by atoms with E-state index in [4.69, 9.17) is 9.47 Å². The molecule has 108 valence electrons. The zero-order valence-corrected chi connectivity index (χ0v) is 11.6. The van der Waals surface area contributed by atoms with Crippen molar-refractivity contribution in [3.63, 3.8) is 0 Å². The van der Waals surface area contributed by atoms with Crippen LogP contribution >= 0.6 is 0 Å². The number of amides is 1. The van der Waals surface area contributed by atoms with Gasteiger partial charge in [-0.05, 0) is 18.2 Å². The van der Waals surface area contributed by atoms with E-state index >= 15 is 0 Å². The molecule has 0 aliphatic rings. The van der Waals surface area contributed by atoms with Gasteiger partial charge in [-0.2, -0.15) is 15.4 Å². The van der Waals surface area contributed by atoms with Crippen LogP contribution in [-0.2, 0) is 9.47 Å². The number of hydrogen-bond donors (Lipinski definition) is 1. The average Bonchev–Trinajstić information content (AvgIpc) is 2.94. The van der Waals surface area contributed by atoms with E-state index < -0.39 is 0 Å². The molecule has 0 unspecified atom stereocenters. The molecule has 0 bridgehead atoms. The SMILES string of the molecule is COCCN(CCOC)C(=O)c1ccc2n[nH]nc2c1. The van der Waals surface area contributed by atoms with Gasteiger partial charge >= 0.3 is 0 Å². The van der Waals surface area contributed by atoms with Crippen molar-refractivity contribution >= 4 is 16.9 Å². The van der Waals surface area contributed by atoms with E-state index in [-0.39, 0.29) is 5.91 Å². The molecule has 2 aromatic rings. The monoisotopic (exact) mass is 278 g/mol. The second-order valence-electron chi connectivity index (χ2n) is 4.30. The number of aromatic nitrogens is 3. The third-order valence-corrected chi connectivity index (χ3v) is 2.98. The number of nitrogens with one attached hydrogen (secondary N) is 1. The third-order valence-electron chi connectivity index (χ3n) is 2.98. The quantitative estimate of drug-likeness (QED) is 0.806. The molecule has 0 fully saturated rings. The fourth-order valence-electron chi connectivity index (χ4n) is 1.87. The molecule has 1 heterocycles. The van der Waals surface area contributed by atoms with Crippen LogP contribution in [-0.4, -0.2) is 66.7 Å². The van der Waals surface area contributed by atoms with Crippen molar-refractivity contribution in [1.82, 2.24) is 20.3 Å². The maximum Gasteiger partial charge on any atom is 0.254 e. The van der Waals surface area contributed by atoms with Crippen molar-refractivity contribution in [2.75, 3.05) is 40.5 Å². The number of H-pyrrole nitrogens is 1. The minimum absolute atomic E-state index is 0.0657. The molecule has 2 rings (SSSR count). The number of rotatable bonds is 7. The Morgan fingerprint density at radius 3 is 2.45 bits per heavy atom. The fraction of sp³-hybridized carbons (Fsp3) is 0.462. The van der Waals surface area contributed by atoms with Gasteiger partial charge in [0.15, 0.2) is 0 Å². The summed E-state index contributed by atoms with van der Waals surface area (Å²) in [7, 11) is 3.22. The molecule has 0 saturated carbocycles. The van der Waals surface area contributed by atoms with Crippen LogP contribution in [0, 0.1) is 0 Å². The Bertz CT molecular complexity index is 561. The van der Waals surface area contributed by atoms with Crippen LogP contribution in [0.5, 0.6) is 0 Å². The van der Waals surface area contributed by atoms with Crippen LogP contribution in [0.1, 0.15) is 10.4 Å². The number of hydrogen-bond acceptors (Lipinski definition) is 5.